The van der Waals surface area contributed by atoms with Crippen LogP contribution in [0.15, 0.2) is 6.20 Å². The van der Waals surface area contributed by atoms with Crippen molar-refractivity contribution in [3.63, 3.8) is 0 Å². The molecular weight excluding hydrogens is 306 g/mol. The van der Waals surface area contributed by atoms with E-state index in [1.165, 1.54) is 6.20 Å². The van der Waals surface area contributed by atoms with E-state index in [0.717, 1.165) is 12.8 Å². The van der Waals surface area contributed by atoms with Crippen LogP contribution in [0.25, 0.3) is 0 Å². The van der Waals surface area contributed by atoms with Gasteiger partial charge in [0.2, 0.25) is 5.95 Å². The maximum Gasteiger partial charge on any atom is 0.254 e. The molecule has 0 saturated heterocycles. The lowest BCUT2D eigenvalue weighted by Gasteiger charge is -2.39. The Bertz CT molecular complexity index is 609. The quantitative estimate of drug-likeness (QED) is 0.670. The predicted octanol–water partition coefficient (Wildman–Crippen LogP) is 2.14. The van der Waals surface area contributed by atoms with Gasteiger partial charge in [-0.3, -0.25) is 4.79 Å². The first kappa shape index (κ1) is 18.4. The summed E-state index contributed by atoms with van der Waals surface area (Å²) in [5.41, 5.74) is 5.41. The number of carbonyl (C=O) groups excluding carboxylic acids is 1. The molecule has 1 saturated carbocycles. The van der Waals surface area contributed by atoms with Gasteiger partial charge in [0.1, 0.15) is 5.82 Å². The van der Waals surface area contributed by atoms with Crippen molar-refractivity contribution < 1.29 is 9.90 Å². The van der Waals surface area contributed by atoms with E-state index in [4.69, 9.17) is 5.73 Å². The standard InChI is InChI=1S/C17H29N5O2/c1-16(2,3)22-15-19-9-11(13(18)24)14(21-15)20-10-6-7-17(4,5)12(23)8-10/h9-10,12,23H,6-8H2,1-5H3,(H2,18,24)(H2,19,20,21,22)/t10-,12-/m0/s1. The van der Waals surface area contributed by atoms with Gasteiger partial charge in [-0.25, -0.2) is 4.98 Å². The Morgan fingerprint density at radius 3 is 2.62 bits per heavy atom. The summed E-state index contributed by atoms with van der Waals surface area (Å²) < 4.78 is 0. The summed E-state index contributed by atoms with van der Waals surface area (Å²) in [4.78, 5) is 20.2. The molecule has 24 heavy (non-hydrogen) atoms. The van der Waals surface area contributed by atoms with Crippen LogP contribution in [0.4, 0.5) is 11.8 Å². The third-order valence-electron chi connectivity index (χ3n) is 4.43. The van der Waals surface area contributed by atoms with E-state index in [1.54, 1.807) is 0 Å². The zero-order valence-corrected chi connectivity index (χ0v) is 15.2. The molecule has 1 fully saturated rings. The zero-order valence-electron chi connectivity index (χ0n) is 15.2. The fourth-order valence-corrected chi connectivity index (χ4v) is 2.81. The van der Waals surface area contributed by atoms with Crippen LogP contribution in [0.1, 0.15) is 64.2 Å². The molecule has 1 aliphatic rings. The first-order valence-corrected chi connectivity index (χ1v) is 8.37. The topological polar surface area (TPSA) is 113 Å². The Hall–Kier alpha value is -1.89. The third-order valence-corrected chi connectivity index (χ3v) is 4.43. The number of nitrogens with one attached hydrogen (secondary N) is 2. The number of primary amides is 1. The molecule has 0 aromatic carbocycles. The Labute approximate surface area is 143 Å². The summed E-state index contributed by atoms with van der Waals surface area (Å²) >= 11 is 0. The first-order chi connectivity index (χ1) is 11.0. The van der Waals surface area contributed by atoms with Crippen molar-refractivity contribution in [1.29, 1.82) is 0 Å². The first-order valence-electron chi connectivity index (χ1n) is 8.37. The van der Waals surface area contributed by atoms with Crippen LogP contribution in [-0.4, -0.2) is 38.7 Å². The summed E-state index contributed by atoms with van der Waals surface area (Å²) in [6, 6.07) is 0.0449. The molecule has 7 heteroatoms. The number of anilines is 2. The average Bonchev–Trinajstić information content (AvgIpc) is 2.41. The molecule has 1 aromatic rings. The van der Waals surface area contributed by atoms with Gasteiger partial charge in [0.25, 0.3) is 5.91 Å². The highest BCUT2D eigenvalue weighted by molar-refractivity contribution is 5.97. The molecule has 0 bridgehead atoms. The Morgan fingerprint density at radius 2 is 2.08 bits per heavy atom. The molecule has 0 aliphatic heterocycles. The molecule has 2 atom stereocenters. The van der Waals surface area contributed by atoms with E-state index < -0.39 is 12.0 Å². The Morgan fingerprint density at radius 1 is 1.42 bits per heavy atom. The van der Waals surface area contributed by atoms with E-state index in [-0.39, 0.29) is 22.6 Å². The van der Waals surface area contributed by atoms with Crippen molar-refractivity contribution >= 4 is 17.7 Å². The van der Waals surface area contributed by atoms with Crippen molar-refractivity contribution in [1.82, 2.24) is 9.97 Å². The number of nitrogens with two attached hydrogens (primary N) is 1. The van der Waals surface area contributed by atoms with Crippen molar-refractivity contribution in [2.75, 3.05) is 10.6 Å². The van der Waals surface area contributed by atoms with Crippen molar-refractivity contribution in [3.05, 3.63) is 11.8 Å². The van der Waals surface area contributed by atoms with E-state index in [1.807, 2.05) is 20.8 Å². The highest BCUT2D eigenvalue weighted by Gasteiger charge is 2.35. The molecule has 0 radical (unpaired) electrons. The number of rotatable bonds is 4. The molecular formula is C17H29N5O2. The number of hydrogen-bond donors (Lipinski definition) is 4. The van der Waals surface area contributed by atoms with Gasteiger partial charge < -0.3 is 21.5 Å². The normalized spacial score (nSPS) is 23.6. The number of amides is 1. The molecule has 1 aliphatic carbocycles. The second kappa shape index (κ2) is 6.55. The number of hydrogen-bond acceptors (Lipinski definition) is 6. The van der Waals surface area contributed by atoms with Crippen molar-refractivity contribution in [3.8, 4) is 0 Å². The van der Waals surface area contributed by atoms with Crippen LogP contribution in [-0.2, 0) is 0 Å². The molecule has 1 aromatic heterocycles. The second-order valence-corrected chi connectivity index (χ2v) is 8.32. The summed E-state index contributed by atoms with van der Waals surface area (Å²) in [6.45, 7) is 10.2. The van der Waals surface area contributed by atoms with Crippen LogP contribution in [0, 0.1) is 5.41 Å². The monoisotopic (exact) mass is 335 g/mol. The van der Waals surface area contributed by atoms with E-state index in [9.17, 15) is 9.90 Å². The van der Waals surface area contributed by atoms with Crippen molar-refractivity contribution in [2.24, 2.45) is 11.1 Å². The minimum absolute atomic E-state index is 0.0449. The predicted molar refractivity (Wildman–Crippen MR) is 95.0 cm³/mol. The minimum atomic E-state index is -0.573. The third kappa shape index (κ3) is 4.56. The summed E-state index contributed by atoms with van der Waals surface area (Å²) in [6.07, 6.45) is 3.45. The zero-order chi connectivity index (χ0) is 18.1. The van der Waals surface area contributed by atoms with E-state index in [2.05, 4.69) is 34.4 Å². The summed E-state index contributed by atoms with van der Waals surface area (Å²) in [5, 5.41) is 16.8. The Kier molecular flexibility index (Phi) is 5.03. The van der Waals surface area contributed by atoms with Crippen LogP contribution >= 0.6 is 0 Å². The maximum absolute atomic E-state index is 11.7. The highest BCUT2D eigenvalue weighted by atomic mass is 16.3. The van der Waals surface area contributed by atoms with Gasteiger partial charge in [-0.2, -0.15) is 4.98 Å². The molecule has 0 unspecified atom stereocenters. The van der Waals surface area contributed by atoms with Gasteiger partial charge in [-0.1, -0.05) is 13.8 Å². The van der Waals surface area contributed by atoms with Crippen LogP contribution in [0.2, 0.25) is 0 Å². The van der Waals surface area contributed by atoms with Crippen LogP contribution in [0.5, 0.6) is 0 Å². The number of aliphatic hydroxyl groups excluding tert-OH is 1. The van der Waals surface area contributed by atoms with Gasteiger partial charge >= 0.3 is 0 Å². The van der Waals surface area contributed by atoms with Crippen LogP contribution in [0.3, 0.4) is 0 Å². The maximum atomic E-state index is 11.7. The molecule has 2 rings (SSSR count). The number of nitrogens with zero attached hydrogens (tertiary/aromatic N) is 2. The molecule has 7 nitrogen and oxygen atoms in total. The van der Waals surface area contributed by atoms with E-state index in [0.29, 0.717) is 18.2 Å². The largest absolute Gasteiger partial charge is 0.392 e. The lowest BCUT2D eigenvalue weighted by atomic mass is 9.73. The average molecular weight is 335 g/mol. The molecule has 0 spiro atoms. The lowest BCUT2D eigenvalue weighted by molar-refractivity contribution is 0.00912. The van der Waals surface area contributed by atoms with Gasteiger partial charge in [0.15, 0.2) is 0 Å². The van der Waals surface area contributed by atoms with Crippen LogP contribution < -0.4 is 16.4 Å². The van der Waals surface area contributed by atoms with Crippen molar-refractivity contribution in [2.45, 2.75) is 71.6 Å². The number of aliphatic hydroxyl groups is 1. The van der Waals surface area contributed by atoms with Gasteiger partial charge in [-0.15, -0.1) is 0 Å². The van der Waals surface area contributed by atoms with Gasteiger partial charge in [0.05, 0.1) is 11.7 Å². The lowest BCUT2D eigenvalue weighted by Crippen LogP contribution is -2.41. The highest BCUT2D eigenvalue weighted by Crippen LogP contribution is 2.36. The smallest absolute Gasteiger partial charge is 0.254 e. The SMILES string of the molecule is CC(C)(C)Nc1ncc(C(N)=O)c(N[C@H]2CCC(C)(C)[C@@H](O)C2)n1. The van der Waals surface area contributed by atoms with E-state index >= 15 is 0 Å². The molecule has 134 valence electrons. The minimum Gasteiger partial charge on any atom is -0.392 e. The fraction of sp³-hybridized carbons (Fsp3) is 0.706. The fourth-order valence-electron chi connectivity index (χ4n) is 2.81. The second-order valence-electron chi connectivity index (χ2n) is 8.32. The number of aromatic nitrogens is 2. The summed E-state index contributed by atoms with van der Waals surface area (Å²) in [5.74, 6) is 0.282. The van der Waals surface area contributed by atoms with Gasteiger partial charge in [0, 0.05) is 17.8 Å². The summed E-state index contributed by atoms with van der Waals surface area (Å²) in [7, 11) is 0. The van der Waals surface area contributed by atoms with Gasteiger partial charge in [-0.05, 0) is 45.4 Å². The molecule has 1 heterocycles. The molecule has 5 N–H and O–H groups in total. The molecule has 1 amide bonds. The Balaban J connectivity index is 2.21. The number of carbonyl (C=O) groups is 1.